The summed E-state index contributed by atoms with van der Waals surface area (Å²) >= 11 is 12.1. The van der Waals surface area contributed by atoms with E-state index in [2.05, 4.69) is 5.32 Å². The number of carbonyl (C=O) groups is 2. The molecule has 2 aromatic rings. The van der Waals surface area contributed by atoms with Crippen molar-refractivity contribution >= 4 is 50.6 Å². The third-order valence-electron chi connectivity index (χ3n) is 4.05. The molecule has 0 radical (unpaired) electrons. The molecular formula is C16H12Cl2N2O5S. The number of carbonyl (C=O) groups excluding carboxylic acids is 2. The van der Waals surface area contributed by atoms with Crippen LogP contribution in [0.4, 0.5) is 5.69 Å². The van der Waals surface area contributed by atoms with Crippen LogP contribution in [0, 0.1) is 0 Å². The maximum absolute atomic E-state index is 12.5. The SMILES string of the molecule is NS(=O)(=O)c1ccc(C(=O)C[C@]2(O)C(=O)Nc3c(Cl)ccc(Cl)c32)cc1. The number of benzene rings is 2. The van der Waals surface area contributed by atoms with Crippen molar-refractivity contribution in [2.75, 3.05) is 5.32 Å². The van der Waals surface area contributed by atoms with Gasteiger partial charge in [0, 0.05) is 16.1 Å². The van der Waals surface area contributed by atoms with Gasteiger partial charge in [0.15, 0.2) is 11.4 Å². The maximum atomic E-state index is 12.5. The molecule has 1 heterocycles. The Morgan fingerprint density at radius 3 is 2.27 bits per heavy atom. The Labute approximate surface area is 158 Å². The monoisotopic (exact) mass is 414 g/mol. The Morgan fingerprint density at radius 2 is 1.69 bits per heavy atom. The van der Waals surface area contributed by atoms with Crippen molar-refractivity contribution in [3.05, 3.63) is 57.6 Å². The number of aliphatic hydroxyl groups is 1. The number of nitrogens with two attached hydrogens (primary N) is 1. The van der Waals surface area contributed by atoms with Crippen molar-refractivity contribution in [1.82, 2.24) is 0 Å². The topological polar surface area (TPSA) is 127 Å². The molecule has 4 N–H and O–H groups in total. The molecule has 0 spiro atoms. The fraction of sp³-hybridized carbons (Fsp3) is 0.125. The molecular weight excluding hydrogens is 403 g/mol. The molecule has 0 unspecified atom stereocenters. The van der Waals surface area contributed by atoms with Gasteiger partial charge in [0.25, 0.3) is 5.91 Å². The number of hydrogen-bond acceptors (Lipinski definition) is 5. The second-order valence-corrected chi connectivity index (χ2v) is 8.14. The number of sulfonamides is 1. The van der Waals surface area contributed by atoms with Crippen molar-refractivity contribution in [2.24, 2.45) is 5.14 Å². The molecule has 0 fully saturated rings. The number of halogens is 2. The first-order chi connectivity index (χ1) is 12.0. The highest BCUT2D eigenvalue weighted by molar-refractivity contribution is 7.89. The molecule has 26 heavy (non-hydrogen) atoms. The van der Waals surface area contributed by atoms with Gasteiger partial charge in [-0.1, -0.05) is 35.3 Å². The minimum atomic E-state index is -3.90. The second kappa shape index (κ2) is 6.33. The van der Waals surface area contributed by atoms with E-state index in [1.807, 2.05) is 0 Å². The summed E-state index contributed by atoms with van der Waals surface area (Å²) in [5, 5.41) is 18.5. The van der Waals surface area contributed by atoms with E-state index in [0.29, 0.717) is 0 Å². The fourth-order valence-electron chi connectivity index (χ4n) is 2.74. The van der Waals surface area contributed by atoms with Gasteiger partial charge >= 0.3 is 0 Å². The molecule has 7 nitrogen and oxygen atoms in total. The summed E-state index contributed by atoms with van der Waals surface area (Å²) in [4.78, 5) is 24.6. The standard InChI is InChI=1S/C16H12Cl2N2O5S/c17-10-5-6-11(18)14-13(10)16(23,15(22)20-14)7-12(21)8-1-3-9(4-2-8)26(19,24)25/h1-6,23H,7H2,(H,20,22)(H2,19,24,25)/t16-/m1/s1. The number of nitrogens with one attached hydrogen (secondary N) is 1. The number of Topliss-reactive ketones (excluding diaryl/α,β-unsaturated/α-hetero) is 1. The van der Waals surface area contributed by atoms with Crippen LogP contribution in [-0.4, -0.2) is 25.2 Å². The quantitative estimate of drug-likeness (QED) is 0.659. The molecule has 0 saturated carbocycles. The Bertz CT molecular complexity index is 1040. The van der Waals surface area contributed by atoms with Crippen LogP contribution in [0.3, 0.4) is 0 Å². The van der Waals surface area contributed by atoms with Crippen molar-refractivity contribution in [2.45, 2.75) is 16.9 Å². The highest BCUT2D eigenvalue weighted by Gasteiger charge is 2.49. The van der Waals surface area contributed by atoms with E-state index in [-0.39, 0.29) is 31.8 Å². The number of primary sulfonamides is 1. The third-order valence-corrected chi connectivity index (χ3v) is 5.61. The highest BCUT2D eigenvalue weighted by Crippen LogP contribution is 2.46. The van der Waals surface area contributed by atoms with E-state index in [0.717, 1.165) is 0 Å². The number of ketones is 1. The van der Waals surface area contributed by atoms with Crippen LogP contribution in [0.15, 0.2) is 41.3 Å². The summed E-state index contributed by atoms with van der Waals surface area (Å²) in [5.41, 5.74) is -1.90. The average Bonchev–Trinajstić information content (AvgIpc) is 2.83. The number of fused-ring (bicyclic) bond motifs is 1. The Kier molecular flexibility index (Phi) is 4.58. The summed E-state index contributed by atoms with van der Waals surface area (Å²) in [6, 6.07) is 7.71. The molecule has 0 saturated heterocycles. The van der Waals surface area contributed by atoms with Gasteiger partial charge in [-0.2, -0.15) is 0 Å². The first-order valence-corrected chi connectivity index (χ1v) is 9.52. The van der Waals surface area contributed by atoms with Crippen LogP contribution in [0.1, 0.15) is 22.3 Å². The highest BCUT2D eigenvalue weighted by atomic mass is 35.5. The normalized spacial score (nSPS) is 19.2. The largest absolute Gasteiger partial charge is 0.375 e. The van der Waals surface area contributed by atoms with Crippen molar-refractivity contribution in [3.63, 3.8) is 0 Å². The lowest BCUT2D eigenvalue weighted by molar-refractivity contribution is -0.133. The Balaban J connectivity index is 1.95. The lowest BCUT2D eigenvalue weighted by Crippen LogP contribution is -2.36. The van der Waals surface area contributed by atoms with E-state index < -0.39 is 33.7 Å². The summed E-state index contributed by atoms with van der Waals surface area (Å²) < 4.78 is 22.5. The smallest absolute Gasteiger partial charge is 0.261 e. The van der Waals surface area contributed by atoms with Gasteiger partial charge in [-0.15, -0.1) is 0 Å². The van der Waals surface area contributed by atoms with Crippen LogP contribution in [-0.2, 0) is 20.4 Å². The predicted octanol–water partition coefficient (Wildman–Crippen LogP) is 2.05. The van der Waals surface area contributed by atoms with Crippen molar-refractivity contribution < 1.29 is 23.1 Å². The lowest BCUT2D eigenvalue weighted by Gasteiger charge is -2.21. The number of hydrogen-bond donors (Lipinski definition) is 3. The van der Waals surface area contributed by atoms with Crippen LogP contribution >= 0.6 is 23.2 Å². The summed E-state index contributed by atoms with van der Waals surface area (Å²) in [6.45, 7) is 0. The first kappa shape index (κ1) is 18.8. The Hall–Kier alpha value is -1.97. The van der Waals surface area contributed by atoms with Gasteiger partial charge in [0.1, 0.15) is 0 Å². The van der Waals surface area contributed by atoms with Crippen molar-refractivity contribution in [1.29, 1.82) is 0 Å². The van der Waals surface area contributed by atoms with E-state index in [4.69, 9.17) is 28.3 Å². The van der Waals surface area contributed by atoms with Gasteiger partial charge < -0.3 is 10.4 Å². The third kappa shape index (κ3) is 3.10. The van der Waals surface area contributed by atoms with E-state index >= 15 is 0 Å². The first-order valence-electron chi connectivity index (χ1n) is 7.22. The van der Waals surface area contributed by atoms with Gasteiger partial charge in [-0.3, -0.25) is 9.59 Å². The minimum Gasteiger partial charge on any atom is -0.375 e. The zero-order chi connectivity index (χ0) is 19.3. The number of rotatable bonds is 4. The Morgan fingerprint density at radius 1 is 1.12 bits per heavy atom. The fourth-order valence-corrected chi connectivity index (χ4v) is 3.78. The van der Waals surface area contributed by atoms with Crippen LogP contribution in [0.5, 0.6) is 0 Å². The molecule has 3 rings (SSSR count). The zero-order valence-electron chi connectivity index (χ0n) is 13.0. The van der Waals surface area contributed by atoms with Gasteiger partial charge in [0.05, 0.1) is 22.0 Å². The van der Waals surface area contributed by atoms with E-state index in [1.165, 1.54) is 36.4 Å². The predicted molar refractivity (Wildman–Crippen MR) is 95.8 cm³/mol. The summed E-state index contributed by atoms with van der Waals surface area (Å²) in [5.74, 6) is -1.41. The zero-order valence-corrected chi connectivity index (χ0v) is 15.3. The molecule has 1 aliphatic heterocycles. The molecule has 1 amide bonds. The molecule has 0 aliphatic carbocycles. The molecule has 1 aliphatic rings. The second-order valence-electron chi connectivity index (χ2n) is 5.76. The summed E-state index contributed by atoms with van der Waals surface area (Å²) in [7, 11) is -3.90. The van der Waals surface area contributed by atoms with Crippen LogP contribution in [0.2, 0.25) is 10.0 Å². The number of amides is 1. The summed E-state index contributed by atoms with van der Waals surface area (Å²) in [6.07, 6.45) is -0.597. The lowest BCUT2D eigenvalue weighted by atomic mass is 9.88. The average molecular weight is 415 g/mol. The van der Waals surface area contributed by atoms with E-state index in [1.54, 1.807) is 0 Å². The molecule has 1 atom stereocenters. The minimum absolute atomic E-state index is 0.0335. The molecule has 136 valence electrons. The molecule has 10 heteroatoms. The molecule has 0 bridgehead atoms. The molecule has 2 aromatic carbocycles. The maximum Gasteiger partial charge on any atom is 0.261 e. The van der Waals surface area contributed by atoms with Gasteiger partial charge in [-0.25, -0.2) is 13.6 Å². The van der Waals surface area contributed by atoms with Gasteiger partial charge in [-0.05, 0) is 24.3 Å². The van der Waals surface area contributed by atoms with Crippen LogP contribution in [0.25, 0.3) is 0 Å². The van der Waals surface area contributed by atoms with Crippen LogP contribution < -0.4 is 10.5 Å². The van der Waals surface area contributed by atoms with Crippen molar-refractivity contribution in [3.8, 4) is 0 Å². The van der Waals surface area contributed by atoms with Gasteiger partial charge in [0.2, 0.25) is 10.0 Å². The van der Waals surface area contributed by atoms with E-state index in [9.17, 15) is 23.1 Å². The molecule has 0 aromatic heterocycles. The number of anilines is 1.